The standard InChI is InChI=1S/C21H22F2N2O2/c1-13(14-6-8-16(22)17(23)10-14)25-12-21(2,3)20(24-25)15-7-9-18(26-4)19(11-15)27-5/h6-11H,1,12H2,2-5H3. The summed E-state index contributed by atoms with van der Waals surface area (Å²) in [6.45, 7) is 8.72. The summed E-state index contributed by atoms with van der Waals surface area (Å²) in [6.07, 6.45) is 0. The molecule has 1 aliphatic rings. The Labute approximate surface area is 157 Å². The molecule has 3 rings (SSSR count). The van der Waals surface area contributed by atoms with Gasteiger partial charge in [0.15, 0.2) is 23.1 Å². The molecular formula is C21H22F2N2O2. The van der Waals surface area contributed by atoms with Crippen molar-refractivity contribution < 1.29 is 18.3 Å². The van der Waals surface area contributed by atoms with Crippen LogP contribution in [-0.4, -0.2) is 31.5 Å². The highest BCUT2D eigenvalue weighted by Crippen LogP contribution is 2.37. The van der Waals surface area contributed by atoms with Gasteiger partial charge in [-0.15, -0.1) is 0 Å². The fourth-order valence-electron chi connectivity index (χ4n) is 3.15. The molecule has 6 heteroatoms. The molecule has 0 atom stereocenters. The zero-order valence-corrected chi connectivity index (χ0v) is 15.8. The molecule has 1 heterocycles. The minimum absolute atomic E-state index is 0.277. The summed E-state index contributed by atoms with van der Waals surface area (Å²) < 4.78 is 37.5. The number of methoxy groups -OCH3 is 2. The smallest absolute Gasteiger partial charge is 0.161 e. The maximum absolute atomic E-state index is 13.6. The van der Waals surface area contributed by atoms with Crippen molar-refractivity contribution in [1.29, 1.82) is 0 Å². The van der Waals surface area contributed by atoms with Gasteiger partial charge in [-0.25, -0.2) is 8.78 Å². The zero-order chi connectivity index (χ0) is 19.8. The molecule has 0 amide bonds. The van der Waals surface area contributed by atoms with Gasteiger partial charge < -0.3 is 9.47 Å². The molecule has 2 aromatic rings. The van der Waals surface area contributed by atoms with Crippen LogP contribution in [-0.2, 0) is 0 Å². The van der Waals surface area contributed by atoms with Gasteiger partial charge in [-0.2, -0.15) is 5.10 Å². The van der Waals surface area contributed by atoms with Gasteiger partial charge in [-0.1, -0.05) is 20.4 Å². The van der Waals surface area contributed by atoms with Crippen LogP contribution in [0.25, 0.3) is 5.70 Å². The highest BCUT2D eigenvalue weighted by molar-refractivity contribution is 6.06. The van der Waals surface area contributed by atoms with Crippen molar-refractivity contribution in [1.82, 2.24) is 5.01 Å². The van der Waals surface area contributed by atoms with Crippen molar-refractivity contribution in [2.75, 3.05) is 20.8 Å². The molecule has 142 valence electrons. The molecule has 0 N–H and O–H groups in total. The molecule has 0 saturated heterocycles. The van der Waals surface area contributed by atoms with Crippen LogP contribution in [0.4, 0.5) is 8.78 Å². The fourth-order valence-corrected chi connectivity index (χ4v) is 3.15. The maximum atomic E-state index is 13.6. The van der Waals surface area contributed by atoms with Gasteiger partial charge in [-0.05, 0) is 36.4 Å². The number of hydrogen-bond acceptors (Lipinski definition) is 4. The second-order valence-electron chi connectivity index (χ2n) is 7.04. The lowest BCUT2D eigenvalue weighted by Gasteiger charge is -2.23. The number of hydrogen-bond donors (Lipinski definition) is 0. The molecular weight excluding hydrogens is 350 g/mol. The van der Waals surface area contributed by atoms with Gasteiger partial charge in [0.25, 0.3) is 0 Å². The Kier molecular flexibility index (Phi) is 4.91. The van der Waals surface area contributed by atoms with Crippen molar-refractivity contribution >= 4 is 11.4 Å². The van der Waals surface area contributed by atoms with Crippen molar-refractivity contribution in [3.05, 3.63) is 65.7 Å². The Bertz CT molecular complexity index is 922. The van der Waals surface area contributed by atoms with E-state index in [1.54, 1.807) is 19.2 Å². The average Bonchev–Trinajstić information content (AvgIpc) is 2.98. The lowest BCUT2D eigenvalue weighted by Crippen LogP contribution is -2.27. The summed E-state index contributed by atoms with van der Waals surface area (Å²) in [5, 5.41) is 6.43. The normalized spacial score (nSPS) is 15.5. The number of halogens is 2. The third-order valence-electron chi connectivity index (χ3n) is 4.63. The largest absolute Gasteiger partial charge is 0.493 e. The zero-order valence-electron chi connectivity index (χ0n) is 15.8. The Balaban J connectivity index is 1.96. The van der Waals surface area contributed by atoms with Crippen molar-refractivity contribution in [2.24, 2.45) is 10.5 Å². The lowest BCUT2D eigenvalue weighted by molar-refractivity contribution is 0.354. The van der Waals surface area contributed by atoms with E-state index in [-0.39, 0.29) is 5.41 Å². The van der Waals surface area contributed by atoms with E-state index in [0.717, 1.165) is 23.4 Å². The van der Waals surface area contributed by atoms with Crippen LogP contribution in [0.15, 0.2) is 48.1 Å². The highest BCUT2D eigenvalue weighted by Gasteiger charge is 2.36. The fraction of sp³-hybridized carbons (Fsp3) is 0.286. The maximum Gasteiger partial charge on any atom is 0.161 e. The molecule has 0 bridgehead atoms. The van der Waals surface area contributed by atoms with Crippen molar-refractivity contribution in [3.8, 4) is 11.5 Å². The summed E-state index contributed by atoms with van der Waals surface area (Å²) in [4.78, 5) is 0. The number of hydrazone groups is 1. The first kappa shape index (κ1) is 18.9. The second kappa shape index (κ2) is 7.02. The predicted molar refractivity (Wildman–Crippen MR) is 102 cm³/mol. The summed E-state index contributed by atoms with van der Waals surface area (Å²) in [5.74, 6) is -0.536. The van der Waals surface area contributed by atoms with Gasteiger partial charge in [0.1, 0.15) is 0 Å². The summed E-state index contributed by atoms with van der Waals surface area (Å²) in [6, 6.07) is 9.36. The lowest BCUT2D eigenvalue weighted by atomic mass is 9.84. The second-order valence-corrected chi connectivity index (χ2v) is 7.04. The van der Waals surface area contributed by atoms with E-state index >= 15 is 0 Å². The molecule has 1 aliphatic heterocycles. The van der Waals surface area contributed by atoms with E-state index < -0.39 is 11.6 Å². The first-order chi connectivity index (χ1) is 12.8. The quantitative estimate of drug-likeness (QED) is 0.763. The first-order valence-corrected chi connectivity index (χ1v) is 8.50. The van der Waals surface area contributed by atoms with E-state index in [2.05, 4.69) is 20.4 Å². The number of rotatable bonds is 5. The van der Waals surface area contributed by atoms with Crippen LogP contribution in [0.2, 0.25) is 0 Å². The van der Waals surface area contributed by atoms with E-state index in [4.69, 9.17) is 14.6 Å². The van der Waals surface area contributed by atoms with Crippen LogP contribution in [0.1, 0.15) is 25.0 Å². The topological polar surface area (TPSA) is 34.1 Å². The van der Waals surface area contributed by atoms with Gasteiger partial charge >= 0.3 is 0 Å². The molecule has 0 saturated carbocycles. The van der Waals surface area contributed by atoms with E-state index in [1.165, 1.54) is 6.07 Å². The third kappa shape index (κ3) is 3.52. The van der Waals surface area contributed by atoms with E-state index in [9.17, 15) is 8.78 Å². The first-order valence-electron chi connectivity index (χ1n) is 8.50. The average molecular weight is 372 g/mol. The summed E-state index contributed by atoms with van der Waals surface area (Å²) >= 11 is 0. The monoisotopic (exact) mass is 372 g/mol. The molecule has 2 aromatic carbocycles. The molecule has 27 heavy (non-hydrogen) atoms. The van der Waals surface area contributed by atoms with Crippen LogP contribution in [0, 0.1) is 17.0 Å². The predicted octanol–water partition coefficient (Wildman–Crippen LogP) is 4.70. The molecule has 4 nitrogen and oxygen atoms in total. The number of benzene rings is 2. The van der Waals surface area contributed by atoms with Crippen molar-refractivity contribution in [2.45, 2.75) is 13.8 Å². The van der Waals surface area contributed by atoms with Crippen LogP contribution >= 0.6 is 0 Å². The van der Waals surface area contributed by atoms with E-state index in [1.807, 2.05) is 18.2 Å². The Hall–Kier alpha value is -2.89. The molecule has 0 aliphatic carbocycles. The SMILES string of the molecule is C=C(c1ccc(F)c(F)c1)N1CC(C)(C)C(c2ccc(OC)c(OC)c2)=N1. The molecule has 0 fully saturated rings. The van der Waals surface area contributed by atoms with Gasteiger partial charge in [0, 0.05) is 16.5 Å². The van der Waals surface area contributed by atoms with Crippen LogP contribution in [0.3, 0.4) is 0 Å². The minimum atomic E-state index is -0.906. The number of ether oxygens (including phenoxy) is 2. The van der Waals surface area contributed by atoms with Crippen LogP contribution < -0.4 is 9.47 Å². The Morgan fingerprint density at radius 1 is 1.04 bits per heavy atom. The Morgan fingerprint density at radius 3 is 2.37 bits per heavy atom. The molecule has 0 aromatic heterocycles. The van der Waals surface area contributed by atoms with Gasteiger partial charge in [-0.3, -0.25) is 5.01 Å². The van der Waals surface area contributed by atoms with Crippen molar-refractivity contribution in [3.63, 3.8) is 0 Å². The summed E-state index contributed by atoms with van der Waals surface area (Å²) in [5.41, 5.74) is 2.48. The molecule has 0 spiro atoms. The number of nitrogens with zero attached hydrogens (tertiary/aromatic N) is 2. The Morgan fingerprint density at radius 2 is 1.74 bits per heavy atom. The van der Waals surface area contributed by atoms with Gasteiger partial charge in [0.05, 0.1) is 32.2 Å². The third-order valence-corrected chi connectivity index (χ3v) is 4.63. The van der Waals surface area contributed by atoms with E-state index in [0.29, 0.717) is 29.3 Å². The molecule has 0 radical (unpaired) electrons. The van der Waals surface area contributed by atoms with Gasteiger partial charge in [0.2, 0.25) is 0 Å². The highest BCUT2D eigenvalue weighted by atomic mass is 19.2. The minimum Gasteiger partial charge on any atom is -0.493 e. The van der Waals surface area contributed by atoms with Crippen LogP contribution in [0.5, 0.6) is 11.5 Å². The molecule has 0 unspecified atom stereocenters. The summed E-state index contributed by atoms with van der Waals surface area (Å²) in [7, 11) is 3.17.